The molecular weight excluding hydrogens is 340 g/mol. The van der Waals surface area contributed by atoms with Gasteiger partial charge in [0.05, 0.1) is 12.0 Å². The molecule has 0 aromatic heterocycles. The van der Waals surface area contributed by atoms with Gasteiger partial charge in [-0.25, -0.2) is 8.42 Å². The molecule has 0 bridgehead atoms. The van der Waals surface area contributed by atoms with Crippen LogP contribution in [-0.4, -0.2) is 56.8 Å². The fraction of sp³-hybridized carbons (Fsp3) is 0.611. The second kappa shape index (κ2) is 8.19. The Hall–Kier alpha value is -1.60. The Kier molecular flexibility index (Phi) is 6.46. The van der Waals surface area contributed by atoms with E-state index in [0.717, 1.165) is 6.42 Å². The highest BCUT2D eigenvalue weighted by Crippen LogP contribution is 2.28. The van der Waals surface area contributed by atoms with Gasteiger partial charge in [-0.15, -0.1) is 0 Å². The molecule has 140 valence electrons. The molecule has 0 aliphatic carbocycles. The number of ether oxygens (including phenoxy) is 1. The van der Waals surface area contributed by atoms with Gasteiger partial charge in [-0.05, 0) is 49.9 Å². The molecule has 0 saturated carbocycles. The lowest BCUT2D eigenvalue weighted by Crippen LogP contribution is -2.37. The number of carbonyl (C=O) groups excluding carboxylic acids is 1. The van der Waals surface area contributed by atoms with Crippen LogP contribution in [0.5, 0.6) is 5.75 Å². The summed E-state index contributed by atoms with van der Waals surface area (Å²) in [5, 5.41) is 0. The van der Waals surface area contributed by atoms with Crippen molar-refractivity contribution in [1.82, 2.24) is 9.21 Å². The van der Waals surface area contributed by atoms with Gasteiger partial charge in [0.2, 0.25) is 15.9 Å². The van der Waals surface area contributed by atoms with Gasteiger partial charge in [0.1, 0.15) is 5.75 Å². The molecule has 0 N–H and O–H groups in total. The van der Waals surface area contributed by atoms with Crippen LogP contribution in [0, 0.1) is 13.8 Å². The fourth-order valence-electron chi connectivity index (χ4n) is 3.32. The predicted molar refractivity (Wildman–Crippen MR) is 97.3 cm³/mol. The van der Waals surface area contributed by atoms with Gasteiger partial charge in [-0.2, -0.15) is 4.31 Å². The summed E-state index contributed by atoms with van der Waals surface area (Å²) >= 11 is 0. The van der Waals surface area contributed by atoms with Gasteiger partial charge in [-0.3, -0.25) is 4.79 Å². The van der Waals surface area contributed by atoms with Crippen LogP contribution in [0.2, 0.25) is 0 Å². The molecule has 25 heavy (non-hydrogen) atoms. The molecule has 1 aliphatic heterocycles. The highest BCUT2D eigenvalue weighted by Gasteiger charge is 2.30. The Balaban J connectivity index is 2.25. The lowest BCUT2D eigenvalue weighted by atomic mass is 10.1. The van der Waals surface area contributed by atoms with E-state index in [1.165, 1.54) is 4.31 Å². The van der Waals surface area contributed by atoms with E-state index in [1.807, 2.05) is 6.92 Å². The second-order valence-corrected chi connectivity index (χ2v) is 8.35. The van der Waals surface area contributed by atoms with E-state index in [1.54, 1.807) is 38.0 Å². The third-order valence-electron chi connectivity index (χ3n) is 4.54. The highest BCUT2D eigenvalue weighted by molar-refractivity contribution is 7.89. The number of nitrogens with zero attached hydrogens (tertiary/aromatic N) is 2. The number of sulfonamides is 1. The molecular formula is C18H28N2O4S. The number of amides is 1. The summed E-state index contributed by atoms with van der Waals surface area (Å²) in [4.78, 5) is 14.2. The van der Waals surface area contributed by atoms with Crippen molar-refractivity contribution in [3.05, 3.63) is 23.3 Å². The van der Waals surface area contributed by atoms with Crippen molar-refractivity contribution >= 4 is 15.9 Å². The summed E-state index contributed by atoms with van der Waals surface area (Å²) in [6.07, 6.45) is 1.98. The summed E-state index contributed by atoms with van der Waals surface area (Å²) in [6, 6.07) is 3.49. The molecule has 0 atom stereocenters. The van der Waals surface area contributed by atoms with E-state index >= 15 is 0 Å². The summed E-state index contributed by atoms with van der Waals surface area (Å²) in [5.74, 6) is 0.764. The van der Waals surface area contributed by atoms with Gasteiger partial charge >= 0.3 is 0 Å². The van der Waals surface area contributed by atoms with Crippen molar-refractivity contribution in [2.24, 2.45) is 0 Å². The first-order valence-corrected chi connectivity index (χ1v) is 10.2. The minimum atomic E-state index is -3.59. The van der Waals surface area contributed by atoms with Crippen molar-refractivity contribution in [1.29, 1.82) is 0 Å². The third kappa shape index (κ3) is 4.33. The van der Waals surface area contributed by atoms with Gasteiger partial charge in [0.15, 0.2) is 0 Å². The van der Waals surface area contributed by atoms with Crippen molar-refractivity contribution in [3.8, 4) is 5.75 Å². The van der Waals surface area contributed by atoms with E-state index in [-0.39, 0.29) is 5.91 Å². The number of aryl methyl sites for hydroxylation is 2. The molecule has 1 heterocycles. The first-order chi connectivity index (χ1) is 11.8. The van der Waals surface area contributed by atoms with Crippen LogP contribution in [0.4, 0.5) is 0 Å². The van der Waals surface area contributed by atoms with Crippen LogP contribution in [0.15, 0.2) is 17.0 Å². The molecule has 6 nitrogen and oxygen atoms in total. The van der Waals surface area contributed by atoms with Gasteiger partial charge in [0.25, 0.3) is 0 Å². The van der Waals surface area contributed by atoms with Gasteiger partial charge < -0.3 is 9.64 Å². The van der Waals surface area contributed by atoms with E-state index in [9.17, 15) is 13.2 Å². The number of benzene rings is 1. The molecule has 0 spiro atoms. The van der Waals surface area contributed by atoms with Crippen LogP contribution in [0.3, 0.4) is 0 Å². The number of hydrogen-bond donors (Lipinski definition) is 0. The number of hydrogen-bond acceptors (Lipinski definition) is 4. The Labute approximate surface area is 150 Å². The first kappa shape index (κ1) is 19.7. The Morgan fingerprint density at radius 3 is 2.32 bits per heavy atom. The third-order valence-corrected chi connectivity index (χ3v) is 6.74. The maximum atomic E-state index is 13.2. The summed E-state index contributed by atoms with van der Waals surface area (Å²) in [5.41, 5.74) is 1.36. The van der Waals surface area contributed by atoms with Gasteiger partial charge in [-0.1, -0.05) is 6.92 Å². The Morgan fingerprint density at radius 1 is 1.12 bits per heavy atom. The van der Waals surface area contributed by atoms with Crippen LogP contribution in [0.1, 0.15) is 37.3 Å². The Bertz CT molecular complexity index is 708. The second-order valence-electron chi connectivity index (χ2n) is 6.48. The highest BCUT2D eigenvalue weighted by atomic mass is 32.2. The number of carbonyl (C=O) groups is 1. The van der Waals surface area contributed by atoms with Crippen molar-refractivity contribution in [3.63, 3.8) is 0 Å². The smallest absolute Gasteiger partial charge is 0.243 e. The molecule has 1 aromatic carbocycles. The lowest BCUT2D eigenvalue weighted by molar-refractivity contribution is -0.131. The molecule has 1 fully saturated rings. The molecule has 1 aromatic rings. The summed E-state index contributed by atoms with van der Waals surface area (Å²) in [7, 11) is -2.02. The Morgan fingerprint density at radius 2 is 1.76 bits per heavy atom. The average Bonchev–Trinajstić information content (AvgIpc) is 2.80. The maximum absolute atomic E-state index is 13.2. The molecule has 1 aliphatic rings. The largest absolute Gasteiger partial charge is 0.497 e. The van der Waals surface area contributed by atoms with Crippen molar-refractivity contribution in [2.75, 3.05) is 33.3 Å². The first-order valence-electron chi connectivity index (χ1n) is 8.74. The minimum absolute atomic E-state index is 0.110. The minimum Gasteiger partial charge on any atom is -0.497 e. The van der Waals surface area contributed by atoms with E-state index in [0.29, 0.717) is 60.8 Å². The molecule has 1 amide bonds. The molecule has 7 heteroatoms. The van der Waals surface area contributed by atoms with E-state index in [4.69, 9.17) is 4.74 Å². The number of methoxy groups -OCH3 is 1. The standard InChI is InChI=1S/C18H28N2O4S/c1-5-7-17(21)19-8-6-9-20(11-10-19)25(22,23)18-14(2)12-16(24-4)13-15(18)3/h12-13H,5-11H2,1-4H3. The molecule has 0 radical (unpaired) electrons. The zero-order chi connectivity index (χ0) is 18.6. The SMILES string of the molecule is CCCC(=O)N1CCCN(S(=O)(=O)c2c(C)cc(OC)cc2C)CC1. The van der Waals surface area contributed by atoms with E-state index in [2.05, 4.69) is 0 Å². The fourth-order valence-corrected chi connectivity index (χ4v) is 5.20. The normalized spacial score (nSPS) is 16.6. The zero-order valence-electron chi connectivity index (χ0n) is 15.5. The van der Waals surface area contributed by atoms with Crippen LogP contribution in [0.25, 0.3) is 0 Å². The zero-order valence-corrected chi connectivity index (χ0v) is 16.4. The quantitative estimate of drug-likeness (QED) is 0.800. The molecule has 1 saturated heterocycles. The summed E-state index contributed by atoms with van der Waals surface area (Å²) < 4.78 is 33.1. The van der Waals surface area contributed by atoms with Crippen LogP contribution < -0.4 is 4.74 Å². The van der Waals surface area contributed by atoms with Gasteiger partial charge in [0, 0.05) is 32.6 Å². The number of rotatable bonds is 5. The van der Waals surface area contributed by atoms with Crippen LogP contribution in [-0.2, 0) is 14.8 Å². The average molecular weight is 368 g/mol. The van der Waals surface area contributed by atoms with Crippen molar-refractivity contribution < 1.29 is 17.9 Å². The predicted octanol–water partition coefficient (Wildman–Crippen LogP) is 2.34. The maximum Gasteiger partial charge on any atom is 0.243 e. The van der Waals surface area contributed by atoms with E-state index < -0.39 is 10.0 Å². The molecule has 0 unspecified atom stereocenters. The van der Waals surface area contributed by atoms with Crippen LogP contribution >= 0.6 is 0 Å². The molecule has 2 rings (SSSR count). The summed E-state index contributed by atoms with van der Waals surface area (Å²) in [6.45, 7) is 7.39. The van der Waals surface area contributed by atoms with Crippen molar-refractivity contribution in [2.45, 2.75) is 44.9 Å². The monoisotopic (exact) mass is 368 g/mol. The topological polar surface area (TPSA) is 66.9 Å². The lowest BCUT2D eigenvalue weighted by Gasteiger charge is -2.23.